The van der Waals surface area contributed by atoms with Gasteiger partial charge in [0.15, 0.2) is 0 Å². The van der Waals surface area contributed by atoms with E-state index in [9.17, 15) is 9.90 Å². The molecule has 0 aliphatic heterocycles. The fourth-order valence-electron chi connectivity index (χ4n) is 2.22. The maximum absolute atomic E-state index is 12.1. The molecule has 3 aromatic rings. The van der Waals surface area contributed by atoms with Crippen LogP contribution < -0.4 is 10.6 Å². The van der Waals surface area contributed by atoms with Crippen molar-refractivity contribution in [1.29, 1.82) is 0 Å². The van der Waals surface area contributed by atoms with Crippen molar-refractivity contribution in [2.75, 3.05) is 17.2 Å². The van der Waals surface area contributed by atoms with E-state index in [2.05, 4.69) is 25.8 Å². The number of anilines is 2. The Bertz CT molecular complexity index is 884. The molecule has 0 aliphatic rings. The van der Waals surface area contributed by atoms with Gasteiger partial charge >= 0.3 is 0 Å². The first-order chi connectivity index (χ1) is 12.4. The Labute approximate surface area is 159 Å². The quantitative estimate of drug-likeness (QED) is 0.598. The number of carbonyl (C=O) groups excluding carboxylic acids is 1. The molecule has 134 valence electrons. The van der Waals surface area contributed by atoms with Crippen molar-refractivity contribution in [3.8, 4) is 0 Å². The van der Waals surface area contributed by atoms with Gasteiger partial charge in [-0.1, -0.05) is 35.1 Å². The first-order valence-electron chi connectivity index (χ1n) is 7.70. The third-order valence-corrected chi connectivity index (χ3v) is 4.51. The number of hydrogen-bond acceptors (Lipinski definition) is 7. The highest BCUT2D eigenvalue weighted by Crippen LogP contribution is 2.24. The van der Waals surface area contributed by atoms with Crippen molar-refractivity contribution in [1.82, 2.24) is 15.2 Å². The Hall–Kier alpha value is -2.55. The average molecular weight is 390 g/mol. The summed E-state index contributed by atoms with van der Waals surface area (Å²) in [6.07, 6.45) is 1.45. The van der Waals surface area contributed by atoms with Crippen molar-refractivity contribution in [3.05, 3.63) is 64.3 Å². The van der Waals surface area contributed by atoms with Gasteiger partial charge in [0, 0.05) is 17.8 Å². The number of carbonyl (C=O) groups is 1. The molecule has 0 radical (unpaired) electrons. The molecule has 0 saturated carbocycles. The summed E-state index contributed by atoms with van der Waals surface area (Å²) in [5.41, 5.74) is 1.51. The molecular weight excluding hydrogens is 374 g/mol. The molecule has 1 aromatic carbocycles. The summed E-state index contributed by atoms with van der Waals surface area (Å²) in [6.45, 7) is 1.92. The van der Waals surface area contributed by atoms with Gasteiger partial charge in [0.1, 0.15) is 16.9 Å². The molecule has 7 nitrogen and oxygen atoms in total. The molecule has 3 N–H and O–H groups in total. The summed E-state index contributed by atoms with van der Waals surface area (Å²) < 4.78 is 0. The van der Waals surface area contributed by atoms with Gasteiger partial charge in [-0.05, 0) is 36.8 Å². The predicted molar refractivity (Wildman–Crippen MR) is 102 cm³/mol. The number of nitrogens with one attached hydrogen (secondary N) is 2. The normalized spacial score (nSPS) is 13.0. The Morgan fingerprint density at radius 3 is 2.85 bits per heavy atom. The SMILES string of the molecule is CC(O)(CNc1ccc(C(=O)Nc2nncs2)cn1)c1cccc(Cl)c1. The van der Waals surface area contributed by atoms with Gasteiger partial charge < -0.3 is 10.4 Å². The van der Waals surface area contributed by atoms with Gasteiger partial charge in [0.2, 0.25) is 5.13 Å². The number of hydrogen-bond donors (Lipinski definition) is 3. The zero-order valence-corrected chi connectivity index (χ0v) is 15.4. The summed E-state index contributed by atoms with van der Waals surface area (Å²) in [6, 6.07) is 10.4. The summed E-state index contributed by atoms with van der Waals surface area (Å²) in [5.74, 6) is 0.228. The number of halogens is 1. The van der Waals surface area contributed by atoms with Crippen LogP contribution in [-0.4, -0.2) is 32.7 Å². The van der Waals surface area contributed by atoms with Crippen LogP contribution in [0.1, 0.15) is 22.8 Å². The second-order valence-electron chi connectivity index (χ2n) is 5.77. The fourth-order valence-corrected chi connectivity index (χ4v) is 2.85. The molecule has 2 heterocycles. The van der Waals surface area contributed by atoms with Crippen LogP contribution in [0.25, 0.3) is 0 Å². The number of nitrogens with zero attached hydrogens (tertiary/aromatic N) is 3. The number of pyridine rings is 1. The smallest absolute Gasteiger partial charge is 0.259 e. The standard InChI is InChI=1S/C17H16ClN5O2S/c1-17(25,12-3-2-4-13(18)7-12)9-20-14-6-5-11(8-19-14)15(24)22-16-23-21-10-26-16/h2-8,10,25H,9H2,1H3,(H,19,20)(H,22,23,24). The van der Waals surface area contributed by atoms with Crippen molar-refractivity contribution in [3.63, 3.8) is 0 Å². The van der Waals surface area contributed by atoms with Gasteiger partial charge in [-0.25, -0.2) is 4.98 Å². The highest BCUT2D eigenvalue weighted by molar-refractivity contribution is 7.13. The van der Waals surface area contributed by atoms with Gasteiger partial charge in [-0.15, -0.1) is 10.2 Å². The van der Waals surface area contributed by atoms with Crippen LogP contribution in [0.2, 0.25) is 5.02 Å². The molecule has 0 spiro atoms. The Morgan fingerprint density at radius 2 is 2.19 bits per heavy atom. The third-order valence-electron chi connectivity index (χ3n) is 3.67. The van der Waals surface area contributed by atoms with Crippen molar-refractivity contribution in [2.24, 2.45) is 0 Å². The molecule has 0 saturated heterocycles. The zero-order chi connectivity index (χ0) is 18.6. The van der Waals surface area contributed by atoms with E-state index >= 15 is 0 Å². The average Bonchev–Trinajstić information content (AvgIpc) is 3.13. The molecule has 0 fully saturated rings. The van der Waals surface area contributed by atoms with Crippen LogP contribution in [0.15, 0.2) is 48.1 Å². The highest BCUT2D eigenvalue weighted by Gasteiger charge is 2.23. The van der Waals surface area contributed by atoms with Crippen LogP contribution in [0.3, 0.4) is 0 Å². The lowest BCUT2D eigenvalue weighted by Crippen LogP contribution is -2.31. The second-order valence-corrected chi connectivity index (χ2v) is 7.04. The molecular formula is C17H16ClN5O2S. The minimum atomic E-state index is -1.12. The summed E-state index contributed by atoms with van der Waals surface area (Å²) in [7, 11) is 0. The Kier molecular flexibility index (Phi) is 5.46. The predicted octanol–water partition coefficient (Wildman–Crippen LogP) is 3.16. The van der Waals surface area contributed by atoms with Crippen molar-refractivity contribution in [2.45, 2.75) is 12.5 Å². The Balaban J connectivity index is 1.61. The number of amides is 1. The zero-order valence-electron chi connectivity index (χ0n) is 13.8. The first kappa shape index (κ1) is 18.2. The van der Waals surface area contributed by atoms with E-state index in [-0.39, 0.29) is 12.5 Å². The highest BCUT2D eigenvalue weighted by atomic mass is 35.5. The van der Waals surface area contributed by atoms with E-state index in [4.69, 9.17) is 11.6 Å². The van der Waals surface area contributed by atoms with E-state index in [0.717, 1.165) is 0 Å². The van der Waals surface area contributed by atoms with E-state index in [1.807, 2.05) is 6.07 Å². The Morgan fingerprint density at radius 1 is 1.35 bits per heavy atom. The molecule has 2 aromatic heterocycles. The van der Waals surface area contributed by atoms with Gasteiger partial charge in [0.25, 0.3) is 5.91 Å². The number of aromatic nitrogens is 3. The molecule has 9 heteroatoms. The van der Waals surface area contributed by atoms with Gasteiger partial charge in [-0.3, -0.25) is 10.1 Å². The lowest BCUT2D eigenvalue weighted by atomic mass is 9.96. The minimum Gasteiger partial charge on any atom is -0.384 e. The molecule has 1 amide bonds. The van der Waals surface area contributed by atoms with Gasteiger partial charge in [0.05, 0.1) is 5.56 Å². The first-order valence-corrected chi connectivity index (χ1v) is 8.96. The topological polar surface area (TPSA) is 100 Å². The van der Waals surface area contributed by atoms with E-state index in [1.54, 1.807) is 37.3 Å². The molecule has 1 atom stereocenters. The van der Waals surface area contributed by atoms with Gasteiger partial charge in [-0.2, -0.15) is 0 Å². The molecule has 0 bridgehead atoms. The van der Waals surface area contributed by atoms with Crippen LogP contribution in [0.4, 0.5) is 10.9 Å². The number of aliphatic hydroxyl groups is 1. The largest absolute Gasteiger partial charge is 0.384 e. The van der Waals surface area contributed by atoms with Crippen LogP contribution in [-0.2, 0) is 5.60 Å². The summed E-state index contributed by atoms with van der Waals surface area (Å²) >= 11 is 7.21. The number of rotatable bonds is 6. The monoisotopic (exact) mass is 389 g/mol. The minimum absolute atomic E-state index is 0.233. The van der Waals surface area contributed by atoms with Crippen molar-refractivity contribution < 1.29 is 9.90 Å². The second kappa shape index (κ2) is 7.77. The van der Waals surface area contributed by atoms with E-state index < -0.39 is 5.60 Å². The number of benzene rings is 1. The lowest BCUT2D eigenvalue weighted by molar-refractivity contribution is 0.0714. The summed E-state index contributed by atoms with van der Waals surface area (Å²) in [4.78, 5) is 16.3. The van der Waals surface area contributed by atoms with Crippen molar-refractivity contribution >= 4 is 39.8 Å². The molecule has 26 heavy (non-hydrogen) atoms. The van der Waals surface area contributed by atoms with E-state index in [1.165, 1.54) is 23.0 Å². The maximum atomic E-state index is 12.1. The van der Waals surface area contributed by atoms with Crippen LogP contribution >= 0.6 is 22.9 Å². The van der Waals surface area contributed by atoms with Crippen LogP contribution in [0.5, 0.6) is 0 Å². The summed E-state index contributed by atoms with van der Waals surface area (Å²) in [5, 5.41) is 24.7. The fraction of sp³-hybridized carbons (Fsp3) is 0.176. The van der Waals surface area contributed by atoms with E-state index in [0.29, 0.717) is 27.1 Å². The lowest BCUT2D eigenvalue weighted by Gasteiger charge is -2.24. The van der Waals surface area contributed by atoms with Crippen LogP contribution in [0, 0.1) is 0 Å². The molecule has 3 rings (SSSR count). The molecule has 1 unspecified atom stereocenters. The maximum Gasteiger partial charge on any atom is 0.259 e. The molecule has 0 aliphatic carbocycles. The third kappa shape index (κ3) is 4.54.